The van der Waals surface area contributed by atoms with E-state index in [2.05, 4.69) is 16.7 Å². The normalized spacial score (nSPS) is 15.5. The smallest absolute Gasteiger partial charge is 0.268 e. The van der Waals surface area contributed by atoms with Gasteiger partial charge in [0, 0.05) is 25.8 Å². The van der Waals surface area contributed by atoms with E-state index < -0.39 is 0 Å². The summed E-state index contributed by atoms with van der Waals surface area (Å²) in [5.74, 6) is 0.0000302. The van der Waals surface area contributed by atoms with Crippen molar-refractivity contribution in [3.63, 3.8) is 0 Å². The number of nitrogens with one attached hydrogen (secondary N) is 2. The Morgan fingerprint density at radius 1 is 1.53 bits per heavy atom. The van der Waals surface area contributed by atoms with Crippen LogP contribution in [0, 0.1) is 6.92 Å². The van der Waals surface area contributed by atoms with Crippen molar-refractivity contribution < 1.29 is 4.79 Å². The van der Waals surface area contributed by atoms with Crippen LogP contribution in [-0.2, 0) is 7.05 Å². The molecule has 0 radical (unpaired) electrons. The van der Waals surface area contributed by atoms with Crippen molar-refractivity contribution in [1.82, 2.24) is 15.2 Å². The molecule has 1 amide bonds. The zero-order valence-electron chi connectivity index (χ0n) is 10.4. The third-order valence-electron chi connectivity index (χ3n) is 3.24. The first-order chi connectivity index (χ1) is 8.18. The second-order valence-corrected chi connectivity index (χ2v) is 4.42. The van der Waals surface area contributed by atoms with Gasteiger partial charge in [-0.05, 0) is 32.0 Å². The molecule has 2 rings (SSSR count). The number of aromatic nitrogens is 1. The Labute approximate surface area is 102 Å². The van der Waals surface area contributed by atoms with Crippen LogP contribution in [0.2, 0.25) is 0 Å². The zero-order valence-corrected chi connectivity index (χ0v) is 10.4. The number of carbonyl (C=O) groups excluding carboxylic acids is 1. The SMILES string of the molecule is Cc1ccc(C(=O)NCC2=CCNCC2)n1C. The Morgan fingerprint density at radius 3 is 2.94 bits per heavy atom. The van der Waals surface area contributed by atoms with Gasteiger partial charge in [-0.1, -0.05) is 11.6 Å². The summed E-state index contributed by atoms with van der Waals surface area (Å²) in [5.41, 5.74) is 3.12. The molecule has 4 heteroatoms. The lowest BCUT2D eigenvalue weighted by molar-refractivity contribution is 0.0948. The van der Waals surface area contributed by atoms with Crippen LogP contribution < -0.4 is 10.6 Å². The van der Waals surface area contributed by atoms with Gasteiger partial charge in [0.15, 0.2) is 0 Å². The van der Waals surface area contributed by atoms with E-state index in [9.17, 15) is 4.79 Å². The molecule has 0 fully saturated rings. The monoisotopic (exact) mass is 233 g/mol. The average molecular weight is 233 g/mol. The highest BCUT2D eigenvalue weighted by Gasteiger charge is 2.11. The highest BCUT2D eigenvalue weighted by atomic mass is 16.1. The van der Waals surface area contributed by atoms with Crippen LogP contribution in [-0.4, -0.2) is 30.1 Å². The molecule has 2 heterocycles. The minimum absolute atomic E-state index is 0.0000302. The Bertz CT molecular complexity index is 446. The van der Waals surface area contributed by atoms with E-state index in [-0.39, 0.29) is 5.91 Å². The van der Waals surface area contributed by atoms with Crippen LogP contribution in [0.4, 0.5) is 0 Å². The fourth-order valence-electron chi connectivity index (χ4n) is 1.96. The van der Waals surface area contributed by atoms with E-state index >= 15 is 0 Å². The van der Waals surface area contributed by atoms with Crippen molar-refractivity contribution >= 4 is 5.91 Å². The first-order valence-electron chi connectivity index (χ1n) is 5.97. The minimum Gasteiger partial charge on any atom is -0.347 e. The Kier molecular flexibility index (Phi) is 3.64. The molecule has 2 N–H and O–H groups in total. The van der Waals surface area contributed by atoms with Gasteiger partial charge < -0.3 is 15.2 Å². The summed E-state index contributed by atoms with van der Waals surface area (Å²) in [6, 6.07) is 3.82. The second-order valence-electron chi connectivity index (χ2n) is 4.42. The topological polar surface area (TPSA) is 46.1 Å². The quantitative estimate of drug-likeness (QED) is 0.765. The number of aryl methyl sites for hydroxylation is 1. The molecule has 1 aromatic heterocycles. The Balaban J connectivity index is 1.93. The lowest BCUT2D eigenvalue weighted by atomic mass is 10.1. The summed E-state index contributed by atoms with van der Waals surface area (Å²) in [6.45, 7) is 4.57. The number of hydrogen-bond acceptors (Lipinski definition) is 2. The van der Waals surface area contributed by atoms with Crippen LogP contribution in [0.25, 0.3) is 0 Å². The van der Waals surface area contributed by atoms with Gasteiger partial charge in [-0.3, -0.25) is 4.79 Å². The van der Waals surface area contributed by atoms with E-state index in [4.69, 9.17) is 0 Å². The van der Waals surface area contributed by atoms with Gasteiger partial charge in [-0.2, -0.15) is 0 Å². The van der Waals surface area contributed by atoms with Crippen molar-refractivity contribution in [1.29, 1.82) is 0 Å². The molecule has 0 saturated heterocycles. The first-order valence-corrected chi connectivity index (χ1v) is 5.97. The van der Waals surface area contributed by atoms with Gasteiger partial charge in [0.1, 0.15) is 5.69 Å². The van der Waals surface area contributed by atoms with E-state index in [1.54, 1.807) is 0 Å². The predicted octanol–water partition coefficient (Wildman–Crippen LogP) is 0.983. The van der Waals surface area contributed by atoms with Crippen LogP contribution in [0.1, 0.15) is 22.6 Å². The van der Waals surface area contributed by atoms with Crippen LogP contribution in [0.5, 0.6) is 0 Å². The molecule has 0 aromatic carbocycles. The number of carbonyl (C=O) groups is 1. The molecule has 1 aliphatic rings. The molecule has 4 nitrogen and oxygen atoms in total. The molecule has 0 spiro atoms. The summed E-state index contributed by atoms with van der Waals surface area (Å²) in [6.07, 6.45) is 3.17. The van der Waals surface area contributed by atoms with Crippen molar-refractivity contribution in [2.75, 3.05) is 19.6 Å². The largest absolute Gasteiger partial charge is 0.347 e. The molecule has 0 atom stereocenters. The molecule has 92 valence electrons. The second kappa shape index (κ2) is 5.19. The fraction of sp³-hybridized carbons (Fsp3) is 0.462. The van der Waals surface area contributed by atoms with Crippen molar-refractivity contribution in [2.24, 2.45) is 7.05 Å². The predicted molar refractivity (Wildman–Crippen MR) is 68.1 cm³/mol. The number of amides is 1. The van der Waals surface area contributed by atoms with E-state index in [1.165, 1.54) is 5.57 Å². The average Bonchev–Trinajstić information content (AvgIpc) is 2.69. The molecule has 17 heavy (non-hydrogen) atoms. The zero-order chi connectivity index (χ0) is 12.3. The third kappa shape index (κ3) is 2.77. The van der Waals surface area contributed by atoms with Gasteiger partial charge >= 0.3 is 0 Å². The maximum atomic E-state index is 11.9. The number of nitrogens with zero attached hydrogens (tertiary/aromatic N) is 1. The van der Waals surface area contributed by atoms with Crippen LogP contribution in [0.3, 0.4) is 0 Å². The molecule has 1 aliphatic heterocycles. The highest BCUT2D eigenvalue weighted by Crippen LogP contribution is 2.07. The lowest BCUT2D eigenvalue weighted by Crippen LogP contribution is -2.30. The summed E-state index contributed by atoms with van der Waals surface area (Å²) >= 11 is 0. The number of rotatable bonds is 3. The molecule has 0 aliphatic carbocycles. The van der Waals surface area contributed by atoms with E-state index in [0.717, 1.165) is 30.9 Å². The first kappa shape index (κ1) is 11.9. The molecular weight excluding hydrogens is 214 g/mol. The minimum atomic E-state index is 0.0000302. The van der Waals surface area contributed by atoms with E-state index in [0.29, 0.717) is 6.54 Å². The van der Waals surface area contributed by atoms with Gasteiger partial charge in [0.25, 0.3) is 5.91 Å². The van der Waals surface area contributed by atoms with Crippen LogP contribution >= 0.6 is 0 Å². The van der Waals surface area contributed by atoms with E-state index in [1.807, 2.05) is 30.7 Å². The molecule has 0 unspecified atom stereocenters. The maximum absolute atomic E-state index is 11.9. The molecule has 0 saturated carbocycles. The Morgan fingerprint density at radius 2 is 2.35 bits per heavy atom. The van der Waals surface area contributed by atoms with Crippen molar-refractivity contribution in [2.45, 2.75) is 13.3 Å². The molecular formula is C13H19N3O. The third-order valence-corrected chi connectivity index (χ3v) is 3.24. The van der Waals surface area contributed by atoms with Crippen molar-refractivity contribution in [3.05, 3.63) is 35.2 Å². The summed E-state index contributed by atoms with van der Waals surface area (Å²) < 4.78 is 1.91. The maximum Gasteiger partial charge on any atom is 0.268 e. The van der Waals surface area contributed by atoms with Gasteiger partial charge in [0.05, 0.1) is 0 Å². The summed E-state index contributed by atoms with van der Waals surface area (Å²) in [5, 5.41) is 6.22. The van der Waals surface area contributed by atoms with Gasteiger partial charge in [-0.25, -0.2) is 0 Å². The lowest BCUT2D eigenvalue weighted by Gasteiger charge is -2.14. The van der Waals surface area contributed by atoms with Crippen molar-refractivity contribution in [3.8, 4) is 0 Å². The Hall–Kier alpha value is -1.55. The van der Waals surface area contributed by atoms with Crippen LogP contribution in [0.15, 0.2) is 23.8 Å². The highest BCUT2D eigenvalue weighted by molar-refractivity contribution is 5.93. The molecule has 0 bridgehead atoms. The fourth-order valence-corrected chi connectivity index (χ4v) is 1.96. The van der Waals surface area contributed by atoms with Gasteiger partial charge in [-0.15, -0.1) is 0 Å². The standard InChI is InChI=1S/C13H19N3O/c1-10-3-4-12(16(10)2)13(17)15-9-11-5-7-14-8-6-11/h3-5,14H,6-9H2,1-2H3,(H,15,17). The summed E-state index contributed by atoms with van der Waals surface area (Å²) in [7, 11) is 1.91. The van der Waals surface area contributed by atoms with Gasteiger partial charge in [0.2, 0.25) is 0 Å². The number of hydrogen-bond donors (Lipinski definition) is 2. The molecule has 1 aromatic rings. The summed E-state index contributed by atoms with van der Waals surface area (Å²) in [4.78, 5) is 11.9.